The lowest BCUT2D eigenvalue weighted by Gasteiger charge is -2.26. The topological polar surface area (TPSA) is 79.5 Å². The van der Waals surface area contributed by atoms with E-state index in [0.717, 1.165) is 24.3 Å². The summed E-state index contributed by atoms with van der Waals surface area (Å²) < 4.78 is 5.16. The van der Waals surface area contributed by atoms with E-state index in [1.165, 1.54) is 19.3 Å². The van der Waals surface area contributed by atoms with Gasteiger partial charge in [-0.25, -0.2) is 0 Å². The summed E-state index contributed by atoms with van der Waals surface area (Å²) in [4.78, 5) is 25.7. The number of ether oxygens (including phenoxy) is 1. The Balaban J connectivity index is 1.54. The fourth-order valence-corrected chi connectivity index (χ4v) is 4.27. The maximum absolute atomic E-state index is 12.9. The molecule has 2 aromatic rings. The van der Waals surface area contributed by atoms with Gasteiger partial charge >= 0.3 is 0 Å². The predicted molar refractivity (Wildman–Crippen MR) is 128 cm³/mol. The molecule has 0 radical (unpaired) electrons. The molecule has 1 saturated carbocycles. The molecule has 0 saturated heterocycles. The zero-order valence-electron chi connectivity index (χ0n) is 18.5. The summed E-state index contributed by atoms with van der Waals surface area (Å²) in [6.45, 7) is 1.04. The van der Waals surface area contributed by atoms with Gasteiger partial charge in [-0.05, 0) is 54.8 Å². The fraction of sp³-hybridized carbons (Fsp3) is 0.440. The summed E-state index contributed by atoms with van der Waals surface area (Å²) in [6.07, 6.45) is 6.50. The number of carbonyl (C=O) groups excluding carboxylic acids is 2. The number of methoxy groups -OCH3 is 1. The van der Waals surface area contributed by atoms with E-state index >= 15 is 0 Å². The van der Waals surface area contributed by atoms with E-state index < -0.39 is 6.04 Å². The third-order valence-corrected chi connectivity index (χ3v) is 6.08. The molecule has 172 valence electrons. The van der Waals surface area contributed by atoms with Crippen molar-refractivity contribution in [2.75, 3.05) is 25.5 Å². The highest BCUT2D eigenvalue weighted by atomic mass is 35.5. The van der Waals surface area contributed by atoms with E-state index in [9.17, 15) is 9.59 Å². The van der Waals surface area contributed by atoms with Crippen LogP contribution in [0.4, 0.5) is 5.69 Å². The summed E-state index contributed by atoms with van der Waals surface area (Å²) in [5.41, 5.74) is 1.41. The molecule has 1 unspecified atom stereocenters. The van der Waals surface area contributed by atoms with Crippen LogP contribution in [0.1, 0.15) is 48.9 Å². The molecule has 1 aliphatic rings. The first-order valence-corrected chi connectivity index (χ1v) is 11.6. The lowest BCUT2D eigenvalue weighted by Crippen LogP contribution is -2.48. The smallest absolute Gasteiger partial charge is 0.251 e. The number of benzene rings is 2. The second-order valence-corrected chi connectivity index (χ2v) is 8.66. The first kappa shape index (κ1) is 23.9. The quantitative estimate of drug-likeness (QED) is 0.454. The van der Waals surface area contributed by atoms with Crippen molar-refractivity contribution < 1.29 is 14.3 Å². The molecule has 6 nitrogen and oxygen atoms in total. The monoisotopic (exact) mass is 457 g/mol. The van der Waals surface area contributed by atoms with Gasteiger partial charge in [-0.15, -0.1) is 0 Å². The average Bonchev–Trinajstić information content (AvgIpc) is 2.82. The number of rotatable bonds is 10. The molecule has 0 heterocycles. The minimum absolute atomic E-state index is 0.150. The molecule has 1 aliphatic carbocycles. The molecule has 0 aromatic heterocycles. The highest BCUT2D eigenvalue weighted by molar-refractivity contribution is 6.31. The number of amides is 2. The van der Waals surface area contributed by atoms with Crippen LogP contribution in [0.2, 0.25) is 5.02 Å². The number of halogens is 1. The summed E-state index contributed by atoms with van der Waals surface area (Å²) in [6, 6.07) is 13.8. The average molecular weight is 458 g/mol. The van der Waals surface area contributed by atoms with Crippen molar-refractivity contribution in [1.29, 1.82) is 0 Å². The van der Waals surface area contributed by atoms with Crippen LogP contribution in [0.15, 0.2) is 48.5 Å². The van der Waals surface area contributed by atoms with Crippen molar-refractivity contribution >= 4 is 29.1 Å². The van der Waals surface area contributed by atoms with Gasteiger partial charge in [-0.1, -0.05) is 49.8 Å². The Kier molecular flexibility index (Phi) is 9.23. The maximum Gasteiger partial charge on any atom is 0.251 e. The summed E-state index contributed by atoms with van der Waals surface area (Å²) in [7, 11) is 1.63. The van der Waals surface area contributed by atoms with Crippen molar-refractivity contribution in [2.45, 2.75) is 44.6 Å². The van der Waals surface area contributed by atoms with Crippen LogP contribution in [0.5, 0.6) is 5.75 Å². The number of anilines is 1. The molecule has 3 rings (SSSR count). The van der Waals surface area contributed by atoms with E-state index in [1.54, 1.807) is 31.4 Å². The van der Waals surface area contributed by atoms with Crippen molar-refractivity contribution in [1.82, 2.24) is 10.6 Å². The van der Waals surface area contributed by atoms with Crippen LogP contribution < -0.4 is 20.7 Å². The van der Waals surface area contributed by atoms with Crippen molar-refractivity contribution in [3.63, 3.8) is 0 Å². The van der Waals surface area contributed by atoms with Crippen LogP contribution in [0, 0.1) is 5.92 Å². The fourth-order valence-electron chi connectivity index (χ4n) is 4.08. The van der Waals surface area contributed by atoms with Crippen molar-refractivity contribution in [3.05, 3.63) is 59.1 Å². The van der Waals surface area contributed by atoms with Crippen LogP contribution in [-0.4, -0.2) is 38.1 Å². The minimum atomic E-state index is -0.564. The molecule has 2 aromatic carbocycles. The Morgan fingerprint density at radius 1 is 1.06 bits per heavy atom. The highest BCUT2D eigenvalue weighted by Gasteiger charge is 2.26. The van der Waals surface area contributed by atoms with Crippen LogP contribution in [0.25, 0.3) is 0 Å². The van der Waals surface area contributed by atoms with Gasteiger partial charge in [-0.2, -0.15) is 0 Å². The van der Waals surface area contributed by atoms with Gasteiger partial charge in [0.05, 0.1) is 7.11 Å². The van der Waals surface area contributed by atoms with E-state index in [-0.39, 0.29) is 11.8 Å². The van der Waals surface area contributed by atoms with Crippen LogP contribution in [-0.2, 0) is 4.79 Å². The Bertz CT molecular complexity index is 882. The van der Waals surface area contributed by atoms with Gasteiger partial charge in [0.15, 0.2) is 0 Å². The van der Waals surface area contributed by atoms with Gasteiger partial charge in [0.1, 0.15) is 11.8 Å². The Labute approximate surface area is 195 Å². The van der Waals surface area contributed by atoms with Crippen LogP contribution in [0.3, 0.4) is 0 Å². The number of hydrogen-bond donors (Lipinski definition) is 3. The van der Waals surface area contributed by atoms with Gasteiger partial charge < -0.3 is 20.7 Å². The number of hydrogen-bond acceptors (Lipinski definition) is 4. The molecular weight excluding hydrogens is 426 g/mol. The molecular formula is C25H32ClN3O3. The maximum atomic E-state index is 12.9. The van der Waals surface area contributed by atoms with Gasteiger partial charge in [0.25, 0.3) is 5.91 Å². The van der Waals surface area contributed by atoms with E-state index in [4.69, 9.17) is 16.3 Å². The van der Waals surface area contributed by atoms with E-state index in [2.05, 4.69) is 16.0 Å². The molecule has 0 aliphatic heterocycles. The van der Waals surface area contributed by atoms with Crippen LogP contribution >= 0.6 is 11.6 Å². The largest absolute Gasteiger partial charge is 0.497 e. The van der Waals surface area contributed by atoms with E-state index in [1.807, 2.05) is 24.3 Å². The standard InChI is InChI=1S/C25H32ClN3O3/c1-32-22-12-10-21(11-13-22)27-14-15-28-25(31)23(16-18-6-3-2-4-7-18)29-24(30)19-8-5-9-20(26)17-19/h5,8-13,17-18,23,27H,2-4,6-7,14-16H2,1H3,(H,28,31)(H,29,30). The van der Waals surface area contributed by atoms with E-state index in [0.29, 0.717) is 36.0 Å². The number of nitrogens with one attached hydrogen (secondary N) is 3. The van der Waals surface area contributed by atoms with Crippen molar-refractivity contribution in [2.24, 2.45) is 5.92 Å². The molecule has 1 fully saturated rings. The summed E-state index contributed by atoms with van der Waals surface area (Å²) in [5.74, 6) is 0.823. The SMILES string of the molecule is COc1ccc(NCCNC(=O)C(CC2CCCCC2)NC(=O)c2cccc(Cl)c2)cc1. The van der Waals surface area contributed by atoms with Gasteiger partial charge in [0.2, 0.25) is 5.91 Å². The first-order valence-electron chi connectivity index (χ1n) is 11.3. The molecule has 32 heavy (non-hydrogen) atoms. The molecule has 2 amide bonds. The van der Waals surface area contributed by atoms with Gasteiger partial charge in [0, 0.05) is 29.4 Å². The summed E-state index contributed by atoms with van der Waals surface area (Å²) in [5, 5.41) is 9.67. The third kappa shape index (κ3) is 7.45. The Morgan fingerprint density at radius 2 is 1.81 bits per heavy atom. The number of carbonyl (C=O) groups is 2. The third-order valence-electron chi connectivity index (χ3n) is 5.85. The Morgan fingerprint density at radius 3 is 2.50 bits per heavy atom. The van der Waals surface area contributed by atoms with Crippen molar-refractivity contribution in [3.8, 4) is 5.75 Å². The predicted octanol–water partition coefficient (Wildman–Crippen LogP) is 4.65. The summed E-state index contributed by atoms with van der Waals surface area (Å²) >= 11 is 6.02. The minimum Gasteiger partial charge on any atom is -0.497 e. The molecule has 1 atom stereocenters. The Hall–Kier alpha value is -2.73. The lowest BCUT2D eigenvalue weighted by molar-refractivity contribution is -0.123. The lowest BCUT2D eigenvalue weighted by atomic mass is 9.84. The molecule has 3 N–H and O–H groups in total. The highest BCUT2D eigenvalue weighted by Crippen LogP contribution is 2.27. The zero-order valence-corrected chi connectivity index (χ0v) is 19.3. The van der Waals surface area contributed by atoms with Gasteiger partial charge in [-0.3, -0.25) is 9.59 Å². The molecule has 0 bridgehead atoms. The second-order valence-electron chi connectivity index (χ2n) is 8.22. The first-order chi connectivity index (χ1) is 15.5. The second kappa shape index (κ2) is 12.3. The molecule has 7 heteroatoms. The molecule has 0 spiro atoms. The normalized spacial score (nSPS) is 14.9. The zero-order chi connectivity index (χ0) is 22.8.